The van der Waals surface area contributed by atoms with E-state index >= 15 is 0 Å². The number of piperidine rings is 2. The molecule has 28 heavy (non-hydrogen) atoms. The Labute approximate surface area is 169 Å². The minimum atomic E-state index is -4.98. The number of hydrogen-bond acceptors (Lipinski definition) is 3. The van der Waals surface area contributed by atoms with Crippen molar-refractivity contribution in [2.45, 2.75) is 70.2 Å². The van der Waals surface area contributed by atoms with Crippen LogP contribution >= 0.6 is 11.6 Å². The number of fused-ring (bicyclic) bond motifs is 1. The Hall–Kier alpha value is -1.27. The molecule has 1 aromatic rings. The van der Waals surface area contributed by atoms with Crippen molar-refractivity contribution in [2.75, 3.05) is 13.1 Å². The van der Waals surface area contributed by atoms with Gasteiger partial charge in [0.1, 0.15) is 5.60 Å². The number of carbonyl (C=O) groups excluding carboxylic acids is 1. The maximum Gasteiger partial charge on any atom is 0.490 e. The Morgan fingerprint density at radius 2 is 1.89 bits per heavy atom. The average Bonchev–Trinajstić information content (AvgIpc) is 2.60. The number of rotatable bonds is 2. The van der Waals surface area contributed by atoms with Gasteiger partial charge >= 0.3 is 12.1 Å². The number of carbonyl (C=O) groups is 1. The van der Waals surface area contributed by atoms with E-state index in [0.29, 0.717) is 25.3 Å². The van der Waals surface area contributed by atoms with E-state index in [1.54, 1.807) is 0 Å². The zero-order valence-corrected chi connectivity index (χ0v) is 17.2. The molecule has 2 aliphatic rings. The summed E-state index contributed by atoms with van der Waals surface area (Å²) in [5.41, 5.74) is -0.573. The van der Waals surface area contributed by atoms with Crippen molar-refractivity contribution < 1.29 is 22.7 Å². The first-order valence-electron chi connectivity index (χ1n) is 9.72. The third-order valence-electron chi connectivity index (χ3n) is 6.42. The smallest absolute Gasteiger partial charge is 0.452 e. The minimum absolute atomic E-state index is 0.104. The van der Waals surface area contributed by atoms with Crippen LogP contribution in [-0.2, 0) is 9.53 Å². The summed E-state index contributed by atoms with van der Waals surface area (Å²) < 4.78 is 43.8. The molecule has 3 nitrogen and oxygen atoms in total. The zero-order chi connectivity index (χ0) is 20.7. The third kappa shape index (κ3) is 4.18. The van der Waals surface area contributed by atoms with E-state index in [9.17, 15) is 18.0 Å². The number of alkyl halides is 3. The van der Waals surface area contributed by atoms with E-state index < -0.39 is 23.2 Å². The Kier molecular flexibility index (Phi) is 5.76. The van der Waals surface area contributed by atoms with Crippen molar-refractivity contribution in [1.82, 2.24) is 4.90 Å². The number of halogens is 4. The molecule has 0 unspecified atom stereocenters. The third-order valence-corrected chi connectivity index (χ3v) is 6.76. The van der Waals surface area contributed by atoms with Gasteiger partial charge in [-0.3, -0.25) is 4.90 Å². The van der Waals surface area contributed by atoms with E-state index in [-0.39, 0.29) is 6.04 Å². The highest BCUT2D eigenvalue weighted by Crippen LogP contribution is 2.48. The second-order valence-corrected chi connectivity index (χ2v) is 9.44. The van der Waals surface area contributed by atoms with Crippen LogP contribution in [-0.4, -0.2) is 41.8 Å². The van der Waals surface area contributed by atoms with Crippen molar-refractivity contribution in [3.05, 3.63) is 34.9 Å². The van der Waals surface area contributed by atoms with Gasteiger partial charge in [0.05, 0.1) is 0 Å². The molecule has 0 spiro atoms. The number of ether oxygens (including phenoxy) is 1. The first kappa shape index (κ1) is 21.4. The summed E-state index contributed by atoms with van der Waals surface area (Å²) in [5.74, 6) is -1.77. The highest BCUT2D eigenvalue weighted by atomic mass is 35.5. The monoisotopic (exact) mass is 417 g/mol. The summed E-state index contributed by atoms with van der Waals surface area (Å²) in [6.07, 6.45) is -2.40. The number of hydrogen-bond donors (Lipinski definition) is 0. The molecule has 2 fully saturated rings. The molecular formula is C21H27ClF3NO2. The van der Waals surface area contributed by atoms with Crippen molar-refractivity contribution in [3.63, 3.8) is 0 Å². The van der Waals surface area contributed by atoms with E-state index in [4.69, 9.17) is 16.3 Å². The number of benzene rings is 1. The van der Waals surface area contributed by atoms with E-state index in [1.165, 1.54) is 0 Å². The predicted octanol–water partition coefficient (Wildman–Crippen LogP) is 5.57. The van der Waals surface area contributed by atoms with Gasteiger partial charge in [-0.15, -0.1) is 0 Å². The van der Waals surface area contributed by atoms with Crippen LogP contribution in [0.5, 0.6) is 0 Å². The lowest BCUT2D eigenvalue weighted by atomic mass is 9.67. The van der Waals surface area contributed by atoms with Gasteiger partial charge < -0.3 is 4.74 Å². The molecule has 2 heterocycles. The Balaban J connectivity index is 1.76. The van der Waals surface area contributed by atoms with Gasteiger partial charge in [-0.2, -0.15) is 13.2 Å². The summed E-state index contributed by atoms with van der Waals surface area (Å²) in [7, 11) is 0. The SMILES string of the molecule is CC(C)(C)[C@]1(OC(=O)C(F)(F)F)CCN2C[C@@H](c3ccccc3Cl)CC[C@@H]2C1. The standard InChI is InChI=1S/C21H27ClF3NO2/c1-19(2,3)20(28-18(27)21(23,24)25)10-11-26-13-14(8-9-15(26)12-20)16-6-4-5-7-17(16)22/h4-7,14-15H,8-13H2,1-3H3/t14-,15+,20-/m0/s1. The predicted molar refractivity (Wildman–Crippen MR) is 102 cm³/mol. The molecule has 3 atom stereocenters. The van der Waals surface area contributed by atoms with Crippen molar-refractivity contribution >= 4 is 17.6 Å². The van der Waals surface area contributed by atoms with Gasteiger partial charge in [-0.1, -0.05) is 50.6 Å². The molecule has 0 amide bonds. The lowest BCUT2D eigenvalue weighted by Gasteiger charge is -2.54. The molecule has 0 N–H and O–H groups in total. The largest absolute Gasteiger partial charge is 0.490 e. The topological polar surface area (TPSA) is 29.5 Å². The molecule has 156 valence electrons. The van der Waals surface area contributed by atoms with E-state index in [2.05, 4.69) is 4.90 Å². The van der Waals surface area contributed by atoms with Crippen LogP contribution in [0.15, 0.2) is 24.3 Å². The lowest BCUT2D eigenvalue weighted by molar-refractivity contribution is -0.232. The number of esters is 1. The van der Waals surface area contributed by atoms with Crippen LogP contribution in [0, 0.1) is 5.41 Å². The highest BCUT2D eigenvalue weighted by Gasteiger charge is 2.55. The summed E-state index contributed by atoms with van der Waals surface area (Å²) in [6.45, 7) is 6.97. The fourth-order valence-electron chi connectivity index (χ4n) is 4.63. The fraction of sp³-hybridized carbons (Fsp3) is 0.667. The Morgan fingerprint density at radius 3 is 2.50 bits per heavy atom. The summed E-state index contributed by atoms with van der Waals surface area (Å²) >= 11 is 6.36. The summed E-state index contributed by atoms with van der Waals surface area (Å²) in [6, 6.07) is 7.92. The van der Waals surface area contributed by atoms with Crippen molar-refractivity contribution in [1.29, 1.82) is 0 Å². The van der Waals surface area contributed by atoms with Crippen LogP contribution in [0.2, 0.25) is 5.02 Å². The first-order chi connectivity index (χ1) is 12.9. The second kappa shape index (κ2) is 7.52. The van der Waals surface area contributed by atoms with Gasteiger partial charge in [0.15, 0.2) is 0 Å². The van der Waals surface area contributed by atoms with E-state index in [1.807, 2.05) is 45.0 Å². The zero-order valence-electron chi connectivity index (χ0n) is 16.5. The molecule has 0 bridgehead atoms. The molecule has 0 aliphatic carbocycles. The number of nitrogens with zero attached hydrogens (tertiary/aromatic N) is 1. The molecule has 1 aromatic carbocycles. The van der Waals surface area contributed by atoms with Crippen molar-refractivity contribution in [2.24, 2.45) is 5.41 Å². The molecule has 0 aromatic heterocycles. The molecule has 0 radical (unpaired) electrons. The van der Waals surface area contributed by atoms with Gasteiger partial charge in [0.2, 0.25) is 0 Å². The van der Waals surface area contributed by atoms with Gasteiger partial charge in [-0.05, 0) is 30.4 Å². The summed E-state index contributed by atoms with van der Waals surface area (Å²) in [4.78, 5) is 14.0. The van der Waals surface area contributed by atoms with Gasteiger partial charge in [0, 0.05) is 42.4 Å². The second-order valence-electron chi connectivity index (χ2n) is 9.03. The van der Waals surface area contributed by atoms with Crippen LogP contribution in [0.3, 0.4) is 0 Å². The quantitative estimate of drug-likeness (QED) is 0.589. The molecule has 2 saturated heterocycles. The average molecular weight is 418 g/mol. The van der Waals surface area contributed by atoms with E-state index in [0.717, 1.165) is 30.0 Å². The Bertz CT molecular complexity index is 731. The lowest BCUT2D eigenvalue weighted by Crippen LogP contribution is -2.60. The molecular weight excluding hydrogens is 391 g/mol. The van der Waals surface area contributed by atoms with Gasteiger partial charge in [-0.25, -0.2) is 4.79 Å². The first-order valence-corrected chi connectivity index (χ1v) is 10.1. The molecule has 3 rings (SSSR count). The maximum absolute atomic E-state index is 12.9. The van der Waals surface area contributed by atoms with Crippen LogP contribution < -0.4 is 0 Å². The minimum Gasteiger partial charge on any atom is -0.452 e. The maximum atomic E-state index is 12.9. The van der Waals surface area contributed by atoms with Gasteiger partial charge in [0.25, 0.3) is 0 Å². The fourth-order valence-corrected chi connectivity index (χ4v) is 4.92. The summed E-state index contributed by atoms with van der Waals surface area (Å²) in [5, 5.41) is 0.756. The van der Waals surface area contributed by atoms with Crippen molar-refractivity contribution in [3.8, 4) is 0 Å². The van der Waals surface area contributed by atoms with Crippen LogP contribution in [0.4, 0.5) is 13.2 Å². The van der Waals surface area contributed by atoms with Crippen LogP contribution in [0.1, 0.15) is 57.9 Å². The highest BCUT2D eigenvalue weighted by molar-refractivity contribution is 6.31. The normalized spacial score (nSPS) is 29.2. The van der Waals surface area contributed by atoms with Crippen LogP contribution in [0.25, 0.3) is 0 Å². The molecule has 7 heteroatoms. The molecule has 2 aliphatic heterocycles. The Morgan fingerprint density at radius 1 is 1.21 bits per heavy atom. The molecule has 0 saturated carbocycles.